The average Bonchev–Trinajstić information content (AvgIpc) is 2.90. The molecule has 10 atom stereocenters. The Morgan fingerprint density at radius 3 is 1.70 bits per heavy atom. The van der Waals surface area contributed by atoms with Crippen LogP contribution in [0.5, 0.6) is 0 Å². The van der Waals surface area contributed by atoms with Crippen LogP contribution in [-0.2, 0) is 14.9 Å². The number of ether oxygens (including phenoxy) is 2. The molecule has 200 valence electrons. The largest absolute Gasteiger partial charge is 0.394 e. The zero-order valence-corrected chi connectivity index (χ0v) is 20.3. The Kier molecular flexibility index (Phi) is 9.30. The summed E-state index contributed by atoms with van der Waals surface area (Å²) < 4.78 is 10.8. The number of hydrogen-bond acceptors (Lipinski definition) is 11. The first-order valence-electron chi connectivity index (χ1n) is 11.6. The fourth-order valence-corrected chi connectivity index (χ4v) is 4.05. The second-order valence-corrected chi connectivity index (χ2v) is 9.53. The van der Waals surface area contributed by atoms with Crippen molar-refractivity contribution in [2.45, 2.75) is 80.3 Å². The van der Waals surface area contributed by atoms with E-state index in [0.29, 0.717) is 16.7 Å². The first-order valence-corrected chi connectivity index (χ1v) is 11.6. The van der Waals surface area contributed by atoms with E-state index >= 15 is 0 Å². The van der Waals surface area contributed by atoms with Crippen molar-refractivity contribution in [1.82, 2.24) is 0 Å². The van der Waals surface area contributed by atoms with Crippen LogP contribution in [0.15, 0.2) is 18.2 Å². The van der Waals surface area contributed by atoms with E-state index in [1.54, 1.807) is 32.0 Å². The lowest BCUT2D eigenvalue weighted by Gasteiger charge is -2.37. The van der Waals surface area contributed by atoms with Gasteiger partial charge in [-0.3, -0.25) is 0 Å². The molecule has 11 nitrogen and oxygen atoms in total. The average molecular weight is 518 g/mol. The zero-order chi connectivity index (χ0) is 27.5. The van der Waals surface area contributed by atoms with E-state index in [1.807, 2.05) is 0 Å². The molecule has 1 aromatic carbocycles. The number of nitriles is 1. The predicted molar refractivity (Wildman–Crippen MR) is 126 cm³/mol. The third kappa shape index (κ3) is 6.12. The highest BCUT2D eigenvalue weighted by molar-refractivity contribution is 5.52. The Balaban J connectivity index is 1.92. The van der Waals surface area contributed by atoms with Crippen LogP contribution in [0.1, 0.15) is 30.5 Å². The minimum absolute atomic E-state index is 0.405. The van der Waals surface area contributed by atoms with Crippen molar-refractivity contribution < 1.29 is 50.3 Å². The highest BCUT2D eigenvalue weighted by Crippen LogP contribution is 2.28. The van der Waals surface area contributed by atoms with Crippen LogP contribution in [0.25, 0.3) is 0 Å². The maximum atomic E-state index is 10.2. The first-order chi connectivity index (χ1) is 17.4. The number of rotatable bonds is 3. The Hall–Kier alpha value is -2.57. The molecule has 3 rings (SSSR count). The summed E-state index contributed by atoms with van der Waals surface area (Å²) in [6.07, 6.45) is -13.8. The van der Waals surface area contributed by atoms with Crippen molar-refractivity contribution in [3.63, 3.8) is 0 Å². The lowest BCUT2D eigenvalue weighted by Crippen LogP contribution is -2.58. The first kappa shape index (κ1) is 29.0. The van der Waals surface area contributed by atoms with E-state index in [0.717, 1.165) is 0 Å². The topological polar surface area (TPSA) is 204 Å². The third-order valence-electron chi connectivity index (χ3n) is 6.46. The molecule has 2 heterocycles. The van der Waals surface area contributed by atoms with Gasteiger partial charge in [0, 0.05) is 11.1 Å². The van der Waals surface area contributed by atoms with Gasteiger partial charge in [-0.2, -0.15) is 5.26 Å². The molecule has 2 aliphatic heterocycles. The van der Waals surface area contributed by atoms with Crippen LogP contribution >= 0.6 is 0 Å². The molecule has 2 fully saturated rings. The van der Waals surface area contributed by atoms with Crippen LogP contribution in [0.4, 0.5) is 0 Å². The second kappa shape index (κ2) is 11.9. The lowest BCUT2D eigenvalue weighted by molar-refractivity contribution is -0.214. The molecule has 2 aliphatic rings. The SMILES string of the molecule is CC(C)(C#N)c1cc(C#CC2OC(CO)C(O)C(O)C2O)ccc1C#CC1OC(CO)C(O)C(O)C1O. The van der Waals surface area contributed by atoms with Gasteiger partial charge in [0.15, 0.2) is 0 Å². The number of benzene rings is 1. The molecule has 0 amide bonds. The smallest absolute Gasteiger partial charge is 0.147 e. The van der Waals surface area contributed by atoms with E-state index in [-0.39, 0.29) is 0 Å². The Bertz CT molecular complexity index is 1120. The molecule has 37 heavy (non-hydrogen) atoms. The fourth-order valence-electron chi connectivity index (χ4n) is 4.05. The van der Waals surface area contributed by atoms with Crippen LogP contribution in [0, 0.1) is 35.0 Å². The van der Waals surface area contributed by atoms with Crippen molar-refractivity contribution in [2.75, 3.05) is 13.2 Å². The lowest BCUT2D eigenvalue weighted by atomic mass is 9.82. The van der Waals surface area contributed by atoms with Crippen molar-refractivity contribution in [1.29, 1.82) is 5.26 Å². The number of hydrogen-bond donors (Lipinski definition) is 8. The number of aliphatic hydroxyl groups excluding tert-OH is 8. The molecule has 0 bridgehead atoms. The quantitative estimate of drug-likeness (QED) is 0.188. The summed E-state index contributed by atoms with van der Waals surface area (Å²) in [5.74, 6) is 11.0. The molecule has 0 saturated carbocycles. The normalized spacial score (nSPS) is 35.9. The summed E-state index contributed by atoms with van der Waals surface area (Å²) in [7, 11) is 0. The van der Waals surface area contributed by atoms with Crippen LogP contribution in [-0.4, -0.2) is 115 Å². The van der Waals surface area contributed by atoms with Gasteiger partial charge in [-0.15, -0.1) is 0 Å². The van der Waals surface area contributed by atoms with E-state index in [2.05, 4.69) is 29.8 Å². The van der Waals surface area contributed by atoms with Gasteiger partial charge in [-0.25, -0.2) is 0 Å². The Labute approximate surface area is 214 Å². The monoisotopic (exact) mass is 517 g/mol. The highest BCUT2D eigenvalue weighted by atomic mass is 16.5. The van der Waals surface area contributed by atoms with Crippen molar-refractivity contribution in [3.8, 4) is 29.8 Å². The summed E-state index contributed by atoms with van der Waals surface area (Å²) in [5, 5.41) is 88.6. The Morgan fingerprint density at radius 2 is 1.24 bits per heavy atom. The molecule has 1 aromatic rings. The molecule has 11 heteroatoms. The van der Waals surface area contributed by atoms with Gasteiger partial charge in [-0.05, 0) is 37.6 Å². The fraction of sp³-hybridized carbons (Fsp3) is 0.577. The van der Waals surface area contributed by atoms with Crippen molar-refractivity contribution in [3.05, 3.63) is 34.9 Å². The van der Waals surface area contributed by atoms with Gasteiger partial charge in [0.2, 0.25) is 0 Å². The molecule has 2 saturated heterocycles. The number of aliphatic hydroxyl groups is 8. The summed E-state index contributed by atoms with van der Waals surface area (Å²) in [6.45, 7) is 2.16. The zero-order valence-electron chi connectivity index (χ0n) is 20.3. The summed E-state index contributed by atoms with van der Waals surface area (Å²) in [6, 6.07) is 6.96. The van der Waals surface area contributed by atoms with E-state index in [9.17, 15) is 46.1 Å². The van der Waals surface area contributed by atoms with E-state index in [4.69, 9.17) is 9.47 Å². The minimum atomic E-state index is -1.57. The van der Waals surface area contributed by atoms with Crippen molar-refractivity contribution in [2.24, 2.45) is 0 Å². The minimum Gasteiger partial charge on any atom is -0.394 e. The van der Waals surface area contributed by atoms with Gasteiger partial charge >= 0.3 is 0 Å². The third-order valence-corrected chi connectivity index (χ3v) is 6.46. The standard InChI is InChI=1S/C26H31NO10/c1-26(2,12-27)15-9-13(4-7-16-20(30)24(34)22(32)18(10-28)36-16)3-5-14(15)6-8-17-21(31)25(35)23(33)19(11-29)37-17/h3,5,9,16-25,28-35H,10-11H2,1-2H3. The molecular formula is C26H31NO10. The van der Waals surface area contributed by atoms with Gasteiger partial charge in [-0.1, -0.05) is 23.7 Å². The molecule has 10 unspecified atom stereocenters. The maximum absolute atomic E-state index is 10.2. The van der Waals surface area contributed by atoms with E-state index in [1.165, 1.54) is 0 Å². The number of nitrogens with zero attached hydrogens (tertiary/aromatic N) is 1. The van der Waals surface area contributed by atoms with E-state index < -0.39 is 79.7 Å². The Morgan fingerprint density at radius 1 is 0.757 bits per heavy atom. The highest BCUT2D eigenvalue weighted by Gasteiger charge is 2.43. The van der Waals surface area contributed by atoms with Crippen LogP contribution in [0.3, 0.4) is 0 Å². The predicted octanol–water partition coefficient (Wildman–Crippen LogP) is -3.12. The van der Waals surface area contributed by atoms with Gasteiger partial charge < -0.3 is 50.3 Å². The molecular weight excluding hydrogens is 486 g/mol. The van der Waals surface area contributed by atoms with Crippen LogP contribution < -0.4 is 0 Å². The molecule has 0 radical (unpaired) electrons. The maximum Gasteiger partial charge on any atom is 0.147 e. The van der Waals surface area contributed by atoms with Crippen LogP contribution in [0.2, 0.25) is 0 Å². The molecule has 0 aliphatic carbocycles. The van der Waals surface area contributed by atoms with Gasteiger partial charge in [0.25, 0.3) is 0 Å². The summed E-state index contributed by atoms with van der Waals surface area (Å²) >= 11 is 0. The second-order valence-electron chi connectivity index (χ2n) is 9.53. The van der Waals surface area contributed by atoms with Gasteiger partial charge in [0.1, 0.15) is 61.0 Å². The molecule has 0 aromatic heterocycles. The summed E-state index contributed by atoms with van der Waals surface area (Å²) in [5.41, 5.74) is 0.281. The molecule has 0 spiro atoms. The molecule has 8 N–H and O–H groups in total. The van der Waals surface area contributed by atoms with Gasteiger partial charge in [0.05, 0.1) is 24.7 Å². The van der Waals surface area contributed by atoms with Crippen molar-refractivity contribution >= 4 is 0 Å². The summed E-state index contributed by atoms with van der Waals surface area (Å²) in [4.78, 5) is 0.